The van der Waals surface area contributed by atoms with Gasteiger partial charge >= 0.3 is 0 Å². The second kappa shape index (κ2) is 8.85. The monoisotopic (exact) mass is 311 g/mol. The Morgan fingerprint density at radius 1 is 1.32 bits per heavy atom. The first-order chi connectivity index (χ1) is 10.7. The van der Waals surface area contributed by atoms with Crippen LogP contribution in [0.1, 0.15) is 58.3 Å². The summed E-state index contributed by atoms with van der Waals surface area (Å²) in [5.41, 5.74) is 5.87. The van der Waals surface area contributed by atoms with Crippen LogP contribution >= 0.6 is 0 Å². The van der Waals surface area contributed by atoms with E-state index < -0.39 is 0 Å². The lowest BCUT2D eigenvalue weighted by molar-refractivity contribution is -0.126. The maximum absolute atomic E-state index is 12.6. The average Bonchev–Trinajstić information content (AvgIpc) is 3.02. The number of carbonyl (C=O) groups excluding carboxylic acids is 1. The highest BCUT2D eigenvalue weighted by Gasteiger charge is 2.41. The van der Waals surface area contributed by atoms with Gasteiger partial charge in [0.15, 0.2) is 0 Å². The molecule has 0 bridgehead atoms. The number of nitrogens with two attached hydrogens (primary N) is 1. The molecule has 2 aliphatic rings. The zero-order chi connectivity index (χ0) is 15.8. The number of nitrogens with one attached hydrogen (secondary N) is 1. The predicted octanol–water partition coefficient (Wildman–Crippen LogP) is 1.66. The third kappa shape index (κ3) is 4.67. The Kier molecular flexibility index (Phi) is 7.12. The number of nitrogens with zero attached hydrogens (tertiary/aromatic N) is 1. The van der Waals surface area contributed by atoms with Gasteiger partial charge in [0.05, 0.1) is 13.2 Å². The highest BCUT2D eigenvalue weighted by Crippen LogP contribution is 2.38. The van der Waals surface area contributed by atoms with Gasteiger partial charge in [-0.3, -0.25) is 9.69 Å². The molecular weight excluding hydrogens is 278 g/mol. The maximum atomic E-state index is 12.6. The molecule has 0 aromatic heterocycles. The Bertz CT molecular complexity index is 337. The van der Waals surface area contributed by atoms with Gasteiger partial charge < -0.3 is 15.8 Å². The standard InChI is InChI=1S/C17H33N3O2/c1-2-3-6-15(14-18)19-16(21)13-17(7-4-5-8-17)20-9-11-22-12-10-20/h15H,2-14,18H2,1H3,(H,19,21). The Morgan fingerprint density at radius 2 is 2.00 bits per heavy atom. The predicted molar refractivity (Wildman–Crippen MR) is 88.7 cm³/mol. The molecule has 1 aliphatic carbocycles. The van der Waals surface area contributed by atoms with E-state index in [1.54, 1.807) is 0 Å². The second-order valence-electron chi connectivity index (χ2n) is 6.85. The van der Waals surface area contributed by atoms with Crippen LogP contribution in [0.25, 0.3) is 0 Å². The topological polar surface area (TPSA) is 67.6 Å². The summed E-state index contributed by atoms with van der Waals surface area (Å²) in [6.07, 6.45) is 8.63. The van der Waals surface area contributed by atoms with Crippen molar-refractivity contribution in [3.05, 3.63) is 0 Å². The molecule has 128 valence electrons. The number of morpholine rings is 1. The minimum absolute atomic E-state index is 0.0672. The van der Waals surface area contributed by atoms with Gasteiger partial charge in [0.2, 0.25) is 5.91 Å². The number of rotatable bonds is 8. The molecule has 1 heterocycles. The maximum Gasteiger partial charge on any atom is 0.222 e. The van der Waals surface area contributed by atoms with Gasteiger partial charge in [0.1, 0.15) is 0 Å². The molecule has 1 atom stereocenters. The van der Waals surface area contributed by atoms with Crippen LogP contribution in [0.2, 0.25) is 0 Å². The third-order valence-corrected chi connectivity index (χ3v) is 5.26. The lowest BCUT2D eigenvalue weighted by atomic mass is 9.89. The molecule has 5 nitrogen and oxygen atoms in total. The van der Waals surface area contributed by atoms with E-state index >= 15 is 0 Å². The molecule has 1 saturated heterocycles. The first-order valence-electron chi connectivity index (χ1n) is 9.02. The summed E-state index contributed by atoms with van der Waals surface area (Å²) in [5, 5.41) is 3.17. The molecule has 2 rings (SSSR count). The zero-order valence-electron chi connectivity index (χ0n) is 14.1. The van der Waals surface area contributed by atoms with Crippen LogP contribution in [0.5, 0.6) is 0 Å². The van der Waals surface area contributed by atoms with Crippen LogP contribution in [0.15, 0.2) is 0 Å². The van der Waals surface area contributed by atoms with Crippen molar-refractivity contribution in [1.29, 1.82) is 0 Å². The quantitative estimate of drug-likeness (QED) is 0.715. The van der Waals surface area contributed by atoms with Crippen molar-refractivity contribution >= 4 is 5.91 Å². The van der Waals surface area contributed by atoms with E-state index in [1.165, 1.54) is 12.8 Å². The smallest absolute Gasteiger partial charge is 0.222 e. The van der Waals surface area contributed by atoms with E-state index in [0.29, 0.717) is 13.0 Å². The summed E-state index contributed by atoms with van der Waals surface area (Å²) >= 11 is 0. The largest absolute Gasteiger partial charge is 0.379 e. The molecule has 0 aromatic carbocycles. The lowest BCUT2D eigenvalue weighted by Crippen LogP contribution is -2.54. The Balaban J connectivity index is 1.90. The summed E-state index contributed by atoms with van der Waals surface area (Å²) in [7, 11) is 0. The molecule has 0 aromatic rings. The number of hydrogen-bond donors (Lipinski definition) is 2. The number of unbranched alkanes of at least 4 members (excludes halogenated alkanes) is 1. The van der Waals surface area contributed by atoms with E-state index in [2.05, 4.69) is 17.1 Å². The van der Waals surface area contributed by atoms with Crippen molar-refractivity contribution in [2.45, 2.75) is 69.9 Å². The summed E-state index contributed by atoms with van der Waals surface area (Å²) in [6, 6.07) is 0.135. The SMILES string of the molecule is CCCCC(CN)NC(=O)CC1(N2CCOCC2)CCCC1. The van der Waals surface area contributed by atoms with Crippen molar-refractivity contribution in [3.63, 3.8) is 0 Å². The van der Waals surface area contributed by atoms with Crippen LogP contribution in [0, 0.1) is 0 Å². The number of ether oxygens (including phenoxy) is 1. The first-order valence-corrected chi connectivity index (χ1v) is 9.02. The Hall–Kier alpha value is -0.650. The zero-order valence-corrected chi connectivity index (χ0v) is 14.1. The van der Waals surface area contributed by atoms with E-state index in [4.69, 9.17) is 10.5 Å². The molecule has 1 saturated carbocycles. The van der Waals surface area contributed by atoms with E-state index in [1.807, 2.05) is 0 Å². The van der Waals surface area contributed by atoms with Gasteiger partial charge in [-0.05, 0) is 19.3 Å². The van der Waals surface area contributed by atoms with Crippen LogP contribution in [-0.4, -0.2) is 55.2 Å². The van der Waals surface area contributed by atoms with Crippen molar-refractivity contribution < 1.29 is 9.53 Å². The fraction of sp³-hybridized carbons (Fsp3) is 0.941. The van der Waals surface area contributed by atoms with E-state index in [9.17, 15) is 4.79 Å². The van der Waals surface area contributed by atoms with Crippen LogP contribution < -0.4 is 11.1 Å². The summed E-state index contributed by atoms with van der Waals surface area (Å²) in [6.45, 7) is 6.22. The molecule has 1 amide bonds. The molecule has 3 N–H and O–H groups in total. The molecule has 1 aliphatic heterocycles. The minimum Gasteiger partial charge on any atom is -0.379 e. The number of amides is 1. The normalized spacial score (nSPS) is 23.4. The number of hydrogen-bond acceptors (Lipinski definition) is 4. The van der Waals surface area contributed by atoms with Gasteiger partial charge in [-0.15, -0.1) is 0 Å². The van der Waals surface area contributed by atoms with Gasteiger partial charge in [0.25, 0.3) is 0 Å². The second-order valence-corrected chi connectivity index (χ2v) is 6.85. The van der Waals surface area contributed by atoms with Gasteiger partial charge in [0, 0.05) is 37.6 Å². The molecule has 5 heteroatoms. The number of carbonyl (C=O) groups is 1. The molecule has 1 unspecified atom stereocenters. The fourth-order valence-electron chi connectivity index (χ4n) is 3.95. The van der Waals surface area contributed by atoms with E-state index in [-0.39, 0.29) is 17.5 Å². The Labute approximate surface area is 134 Å². The third-order valence-electron chi connectivity index (χ3n) is 5.26. The van der Waals surface area contributed by atoms with Crippen molar-refractivity contribution in [1.82, 2.24) is 10.2 Å². The molecule has 0 spiro atoms. The summed E-state index contributed by atoms with van der Waals surface area (Å²) in [5.74, 6) is 0.181. The molecular formula is C17H33N3O2. The molecule has 2 fully saturated rings. The average molecular weight is 311 g/mol. The van der Waals surface area contributed by atoms with Gasteiger partial charge in [-0.2, -0.15) is 0 Å². The fourth-order valence-corrected chi connectivity index (χ4v) is 3.95. The summed E-state index contributed by atoms with van der Waals surface area (Å²) in [4.78, 5) is 15.1. The first kappa shape index (κ1) is 17.7. The van der Waals surface area contributed by atoms with Gasteiger partial charge in [-0.1, -0.05) is 32.6 Å². The lowest BCUT2D eigenvalue weighted by Gasteiger charge is -2.43. The van der Waals surface area contributed by atoms with Crippen molar-refractivity contribution in [3.8, 4) is 0 Å². The minimum atomic E-state index is 0.0672. The van der Waals surface area contributed by atoms with Crippen molar-refractivity contribution in [2.75, 3.05) is 32.8 Å². The van der Waals surface area contributed by atoms with E-state index in [0.717, 1.165) is 58.4 Å². The van der Waals surface area contributed by atoms with Gasteiger partial charge in [-0.25, -0.2) is 0 Å². The molecule has 22 heavy (non-hydrogen) atoms. The Morgan fingerprint density at radius 3 is 2.59 bits per heavy atom. The van der Waals surface area contributed by atoms with Crippen LogP contribution in [0.3, 0.4) is 0 Å². The van der Waals surface area contributed by atoms with Crippen molar-refractivity contribution in [2.24, 2.45) is 5.73 Å². The highest BCUT2D eigenvalue weighted by molar-refractivity contribution is 5.77. The molecule has 0 radical (unpaired) electrons. The highest BCUT2D eigenvalue weighted by atomic mass is 16.5. The van der Waals surface area contributed by atoms with Crippen LogP contribution in [0.4, 0.5) is 0 Å². The summed E-state index contributed by atoms with van der Waals surface area (Å²) < 4.78 is 5.48. The van der Waals surface area contributed by atoms with Crippen LogP contribution in [-0.2, 0) is 9.53 Å².